The Morgan fingerprint density at radius 3 is 2.54 bits per heavy atom. The van der Waals surface area contributed by atoms with Crippen LogP contribution in [0.2, 0.25) is 0 Å². The Morgan fingerprint density at radius 1 is 1.35 bits per heavy atom. The fourth-order valence-corrected chi connectivity index (χ4v) is 2.61. The number of allylic oxidation sites excluding steroid dienone is 1. The topological polar surface area (TPSA) is 151 Å². The SMILES string of the molecule is CCC1=C(C(=O)OC(C)C)C(c2cc([N+](=O)[O-])c(O)cc2O)NC(=O)N1. The lowest BCUT2D eigenvalue weighted by Crippen LogP contribution is -2.46. The molecule has 1 atom stereocenters. The van der Waals surface area contributed by atoms with E-state index in [1.165, 1.54) is 0 Å². The third-order valence-electron chi connectivity index (χ3n) is 3.70. The second-order valence-electron chi connectivity index (χ2n) is 5.89. The van der Waals surface area contributed by atoms with Crippen molar-refractivity contribution >= 4 is 17.7 Å². The Balaban J connectivity index is 2.64. The smallest absolute Gasteiger partial charge is 0.338 e. The summed E-state index contributed by atoms with van der Waals surface area (Å²) in [5.41, 5.74) is -0.471. The van der Waals surface area contributed by atoms with Crippen molar-refractivity contribution in [3.63, 3.8) is 0 Å². The van der Waals surface area contributed by atoms with Gasteiger partial charge in [0, 0.05) is 23.4 Å². The van der Waals surface area contributed by atoms with Gasteiger partial charge in [0.05, 0.1) is 22.6 Å². The van der Waals surface area contributed by atoms with Crippen LogP contribution in [0.3, 0.4) is 0 Å². The van der Waals surface area contributed by atoms with Crippen molar-refractivity contribution in [2.75, 3.05) is 0 Å². The summed E-state index contributed by atoms with van der Waals surface area (Å²) in [6, 6.07) is -0.109. The average Bonchev–Trinajstić information content (AvgIpc) is 2.52. The van der Waals surface area contributed by atoms with E-state index in [0.717, 1.165) is 12.1 Å². The van der Waals surface area contributed by atoms with Crippen LogP contribution in [0.5, 0.6) is 11.5 Å². The molecular formula is C16H19N3O7. The molecule has 0 fully saturated rings. The van der Waals surface area contributed by atoms with Gasteiger partial charge in [-0.15, -0.1) is 0 Å². The Kier molecular flexibility index (Phi) is 5.34. The fraction of sp³-hybridized carbons (Fsp3) is 0.375. The molecule has 1 aliphatic rings. The monoisotopic (exact) mass is 365 g/mol. The molecule has 2 amide bonds. The van der Waals surface area contributed by atoms with Crippen molar-refractivity contribution in [3.05, 3.63) is 39.1 Å². The van der Waals surface area contributed by atoms with Crippen molar-refractivity contribution in [3.8, 4) is 11.5 Å². The number of phenols is 2. The van der Waals surface area contributed by atoms with Crippen LogP contribution in [0.25, 0.3) is 0 Å². The number of amides is 2. The summed E-state index contributed by atoms with van der Waals surface area (Å²) in [6.45, 7) is 5.01. The molecule has 0 aliphatic carbocycles. The Hall–Kier alpha value is -3.30. The van der Waals surface area contributed by atoms with Crippen LogP contribution in [0.1, 0.15) is 38.8 Å². The van der Waals surface area contributed by atoms with Gasteiger partial charge in [-0.05, 0) is 20.3 Å². The second kappa shape index (κ2) is 7.30. The van der Waals surface area contributed by atoms with Gasteiger partial charge in [0.15, 0.2) is 5.75 Å². The van der Waals surface area contributed by atoms with E-state index in [2.05, 4.69) is 10.6 Å². The number of hydrogen-bond acceptors (Lipinski definition) is 7. The molecule has 26 heavy (non-hydrogen) atoms. The molecule has 4 N–H and O–H groups in total. The van der Waals surface area contributed by atoms with Gasteiger partial charge in [-0.3, -0.25) is 10.1 Å². The Labute approximate surface area is 148 Å². The molecule has 1 aromatic rings. The number of ether oxygens (including phenoxy) is 1. The van der Waals surface area contributed by atoms with E-state index in [0.29, 0.717) is 0 Å². The quantitative estimate of drug-likeness (QED) is 0.354. The highest BCUT2D eigenvalue weighted by Gasteiger charge is 2.36. The molecule has 10 nitrogen and oxygen atoms in total. The van der Waals surface area contributed by atoms with E-state index < -0.39 is 46.3 Å². The van der Waals surface area contributed by atoms with Crippen LogP contribution in [0.15, 0.2) is 23.4 Å². The first-order chi connectivity index (χ1) is 12.1. The van der Waals surface area contributed by atoms with E-state index in [-0.39, 0.29) is 23.3 Å². The fourth-order valence-electron chi connectivity index (χ4n) is 2.61. The number of rotatable bonds is 5. The molecule has 140 valence electrons. The molecule has 0 saturated carbocycles. The van der Waals surface area contributed by atoms with E-state index in [9.17, 15) is 29.9 Å². The molecule has 0 bridgehead atoms. The highest BCUT2D eigenvalue weighted by Crippen LogP contribution is 2.40. The molecule has 0 spiro atoms. The predicted octanol–water partition coefficient (Wildman–Crippen LogP) is 1.98. The molecular weight excluding hydrogens is 346 g/mol. The largest absolute Gasteiger partial charge is 0.507 e. The Morgan fingerprint density at radius 2 is 2.00 bits per heavy atom. The standard InChI is InChI=1S/C16H19N3O7/c1-4-9-13(15(22)26-7(2)3)14(18-16(23)17-9)8-5-10(19(24)25)12(21)6-11(8)20/h5-7,14,20-21H,4H2,1-3H3,(H2,17,18,23). The summed E-state index contributed by atoms with van der Waals surface area (Å²) in [4.78, 5) is 34.7. The zero-order valence-corrected chi connectivity index (χ0v) is 14.4. The third kappa shape index (κ3) is 3.68. The number of nitrogens with one attached hydrogen (secondary N) is 2. The van der Waals surface area contributed by atoms with Gasteiger partial charge in [0.2, 0.25) is 0 Å². The number of phenolic OH excluding ortho intramolecular Hbond substituents is 2. The molecule has 1 aliphatic heterocycles. The number of carbonyl (C=O) groups is 2. The van der Waals surface area contributed by atoms with Crippen LogP contribution in [0, 0.1) is 10.1 Å². The summed E-state index contributed by atoms with van der Waals surface area (Å²) >= 11 is 0. The number of hydrogen-bond donors (Lipinski definition) is 4. The third-order valence-corrected chi connectivity index (χ3v) is 3.70. The minimum Gasteiger partial charge on any atom is -0.507 e. The number of urea groups is 1. The van der Waals surface area contributed by atoms with Crippen LogP contribution < -0.4 is 10.6 Å². The van der Waals surface area contributed by atoms with Crippen LogP contribution in [-0.4, -0.2) is 33.2 Å². The zero-order valence-electron chi connectivity index (χ0n) is 14.4. The van der Waals surface area contributed by atoms with Crippen molar-refractivity contribution in [1.29, 1.82) is 0 Å². The maximum atomic E-state index is 12.5. The highest BCUT2D eigenvalue weighted by molar-refractivity contribution is 5.95. The van der Waals surface area contributed by atoms with Gasteiger partial charge in [0.25, 0.3) is 0 Å². The lowest BCUT2D eigenvalue weighted by molar-refractivity contribution is -0.386. The molecule has 1 heterocycles. The Bertz CT molecular complexity index is 801. The summed E-state index contributed by atoms with van der Waals surface area (Å²) in [7, 11) is 0. The first-order valence-corrected chi connectivity index (χ1v) is 7.87. The van der Waals surface area contributed by atoms with Crippen molar-refractivity contribution in [2.24, 2.45) is 0 Å². The zero-order chi connectivity index (χ0) is 19.6. The van der Waals surface area contributed by atoms with Gasteiger partial charge in [-0.2, -0.15) is 0 Å². The molecule has 0 saturated heterocycles. The molecule has 0 aromatic heterocycles. The first kappa shape index (κ1) is 19.0. The van der Waals surface area contributed by atoms with Crippen LogP contribution >= 0.6 is 0 Å². The normalized spacial score (nSPS) is 16.9. The molecule has 2 rings (SSSR count). The number of carbonyl (C=O) groups excluding carboxylic acids is 2. The molecule has 1 aromatic carbocycles. The lowest BCUT2D eigenvalue weighted by atomic mass is 9.93. The number of benzene rings is 1. The van der Waals surface area contributed by atoms with Crippen molar-refractivity contribution in [1.82, 2.24) is 10.6 Å². The number of aromatic hydroxyl groups is 2. The maximum Gasteiger partial charge on any atom is 0.338 e. The minimum absolute atomic E-state index is 0.0242. The average molecular weight is 365 g/mol. The van der Waals surface area contributed by atoms with Crippen molar-refractivity contribution < 1.29 is 29.5 Å². The van der Waals surface area contributed by atoms with E-state index in [1.54, 1.807) is 20.8 Å². The number of nitrogens with zero attached hydrogens (tertiary/aromatic N) is 1. The highest BCUT2D eigenvalue weighted by atomic mass is 16.6. The number of esters is 1. The second-order valence-corrected chi connectivity index (χ2v) is 5.89. The van der Waals surface area contributed by atoms with E-state index in [1.807, 2.05) is 0 Å². The summed E-state index contributed by atoms with van der Waals surface area (Å²) in [5.74, 6) is -1.97. The molecule has 10 heteroatoms. The van der Waals surface area contributed by atoms with Crippen LogP contribution in [-0.2, 0) is 9.53 Å². The first-order valence-electron chi connectivity index (χ1n) is 7.87. The number of nitro groups is 1. The van der Waals surface area contributed by atoms with Gasteiger partial charge < -0.3 is 25.6 Å². The van der Waals surface area contributed by atoms with Gasteiger partial charge in [-0.1, -0.05) is 6.92 Å². The van der Waals surface area contributed by atoms with Gasteiger partial charge in [-0.25, -0.2) is 9.59 Å². The lowest BCUT2D eigenvalue weighted by Gasteiger charge is -2.29. The number of nitro benzene ring substituents is 1. The van der Waals surface area contributed by atoms with E-state index >= 15 is 0 Å². The molecule has 0 radical (unpaired) electrons. The minimum atomic E-state index is -1.18. The summed E-state index contributed by atoms with van der Waals surface area (Å²) in [6.07, 6.45) is -0.151. The maximum absolute atomic E-state index is 12.5. The summed E-state index contributed by atoms with van der Waals surface area (Å²) in [5, 5.41) is 35.8. The van der Waals surface area contributed by atoms with Gasteiger partial charge in [0.1, 0.15) is 5.75 Å². The molecule has 1 unspecified atom stereocenters. The van der Waals surface area contributed by atoms with E-state index in [4.69, 9.17) is 4.74 Å². The summed E-state index contributed by atoms with van der Waals surface area (Å²) < 4.78 is 5.20. The predicted molar refractivity (Wildman–Crippen MR) is 89.4 cm³/mol. The van der Waals surface area contributed by atoms with Crippen LogP contribution in [0.4, 0.5) is 10.5 Å². The van der Waals surface area contributed by atoms with Crippen molar-refractivity contribution in [2.45, 2.75) is 39.3 Å². The van der Waals surface area contributed by atoms with Gasteiger partial charge >= 0.3 is 17.7 Å².